The Hall–Kier alpha value is -4.24. The van der Waals surface area contributed by atoms with Crippen LogP contribution in [0.2, 0.25) is 0 Å². The van der Waals surface area contributed by atoms with Crippen LogP contribution < -0.4 is 14.2 Å². The number of carbonyl (C=O) groups is 2. The van der Waals surface area contributed by atoms with E-state index in [0.29, 0.717) is 28.4 Å². The number of benzene rings is 3. The summed E-state index contributed by atoms with van der Waals surface area (Å²) in [7, 11) is 1.54. The minimum absolute atomic E-state index is 0.0280. The Morgan fingerprint density at radius 2 is 1.92 bits per heavy atom. The van der Waals surface area contributed by atoms with Gasteiger partial charge in [0.1, 0.15) is 11.3 Å². The summed E-state index contributed by atoms with van der Waals surface area (Å²) in [6.07, 6.45) is 0. The van der Waals surface area contributed by atoms with Crippen LogP contribution in [0.5, 0.6) is 17.2 Å². The number of aliphatic hydroxyl groups is 1. The third-order valence-electron chi connectivity index (χ3n) is 6.45. The summed E-state index contributed by atoms with van der Waals surface area (Å²) >= 11 is 3.42. The molecule has 0 aliphatic carbocycles. The van der Waals surface area contributed by atoms with Crippen molar-refractivity contribution in [2.75, 3.05) is 13.9 Å². The van der Waals surface area contributed by atoms with Crippen molar-refractivity contribution < 1.29 is 33.3 Å². The van der Waals surface area contributed by atoms with Crippen molar-refractivity contribution in [3.63, 3.8) is 0 Å². The minimum atomic E-state index is -0.875. The number of ether oxygens (including phenoxy) is 3. The molecule has 8 nitrogen and oxygen atoms in total. The summed E-state index contributed by atoms with van der Waals surface area (Å²) in [5, 5.41) is 11.7. The van der Waals surface area contributed by atoms with E-state index in [-0.39, 0.29) is 24.7 Å². The first-order valence-electron chi connectivity index (χ1n) is 11.4. The maximum Gasteiger partial charge on any atom is 0.290 e. The van der Waals surface area contributed by atoms with Crippen molar-refractivity contribution in [3.05, 3.63) is 99.4 Å². The lowest BCUT2D eigenvalue weighted by molar-refractivity contribution is -0.130. The van der Waals surface area contributed by atoms with E-state index in [9.17, 15) is 14.7 Å². The van der Waals surface area contributed by atoms with Gasteiger partial charge in [-0.2, -0.15) is 0 Å². The van der Waals surface area contributed by atoms with Gasteiger partial charge in [0.25, 0.3) is 5.91 Å². The molecule has 1 unspecified atom stereocenters. The standard InChI is InChI=1S/C28H20BrNO7/c1-34-19-4-2-3-16(11-19)25-24(26(31)23-12-17-10-18(29)6-8-20(17)37-23)27(32)28(33)30(25)13-15-5-7-21-22(9-15)36-14-35-21/h2-12,25,32H,13-14H2,1H3. The van der Waals surface area contributed by atoms with Crippen molar-refractivity contribution in [2.45, 2.75) is 12.6 Å². The Morgan fingerprint density at radius 3 is 2.76 bits per heavy atom. The fourth-order valence-corrected chi connectivity index (χ4v) is 5.08. The molecule has 0 radical (unpaired) electrons. The van der Waals surface area contributed by atoms with Crippen LogP contribution in [-0.2, 0) is 11.3 Å². The highest BCUT2D eigenvalue weighted by Gasteiger charge is 2.44. The molecule has 1 N–H and O–H groups in total. The van der Waals surface area contributed by atoms with Gasteiger partial charge >= 0.3 is 0 Å². The second-order valence-corrected chi connectivity index (χ2v) is 9.60. The van der Waals surface area contributed by atoms with Gasteiger partial charge in [0.2, 0.25) is 12.6 Å². The molecule has 2 aliphatic rings. The fraction of sp³-hybridized carbons (Fsp3) is 0.143. The first-order chi connectivity index (χ1) is 17.9. The number of methoxy groups -OCH3 is 1. The van der Waals surface area contributed by atoms with Crippen molar-refractivity contribution in [2.24, 2.45) is 0 Å². The van der Waals surface area contributed by atoms with E-state index in [1.54, 1.807) is 48.5 Å². The Balaban J connectivity index is 1.43. The SMILES string of the molecule is COc1cccc(C2C(C(=O)c3cc4cc(Br)ccc4o3)=C(O)C(=O)N2Cc2ccc3c(c2)OCO3)c1. The average Bonchev–Trinajstić information content (AvgIpc) is 3.61. The predicted octanol–water partition coefficient (Wildman–Crippen LogP) is 5.71. The molecular weight excluding hydrogens is 542 g/mol. The summed E-state index contributed by atoms with van der Waals surface area (Å²) in [5.74, 6) is -0.0645. The maximum absolute atomic E-state index is 13.8. The number of amides is 1. The van der Waals surface area contributed by atoms with Crippen molar-refractivity contribution in [1.82, 2.24) is 4.90 Å². The normalized spacial score (nSPS) is 16.6. The van der Waals surface area contributed by atoms with Crippen molar-refractivity contribution in [3.8, 4) is 17.2 Å². The van der Waals surface area contributed by atoms with Crippen LogP contribution in [0.15, 0.2) is 87.0 Å². The van der Waals surface area contributed by atoms with E-state index >= 15 is 0 Å². The molecule has 0 saturated heterocycles. The third kappa shape index (κ3) is 4.01. The highest BCUT2D eigenvalue weighted by Crippen LogP contribution is 2.42. The molecule has 2 aliphatic heterocycles. The number of rotatable bonds is 6. The van der Waals surface area contributed by atoms with Crippen molar-refractivity contribution in [1.29, 1.82) is 0 Å². The lowest BCUT2D eigenvalue weighted by Gasteiger charge is -2.27. The lowest BCUT2D eigenvalue weighted by atomic mass is 9.94. The molecule has 1 aromatic heterocycles. The topological polar surface area (TPSA) is 98.4 Å². The zero-order valence-electron chi connectivity index (χ0n) is 19.6. The zero-order chi connectivity index (χ0) is 25.7. The van der Waals surface area contributed by atoms with Crippen LogP contribution in [0, 0.1) is 0 Å². The highest BCUT2D eigenvalue weighted by molar-refractivity contribution is 9.10. The second kappa shape index (κ2) is 9.01. The Kier molecular flexibility index (Phi) is 5.64. The molecule has 1 amide bonds. The molecule has 3 heterocycles. The zero-order valence-corrected chi connectivity index (χ0v) is 21.2. The quantitative estimate of drug-likeness (QED) is 0.301. The predicted molar refractivity (Wildman–Crippen MR) is 137 cm³/mol. The largest absolute Gasteiger partial charge is 0.503 e. The first kappa shape index (κ1) is 23.2. The maximum atomic E-state index is 13.8. The van der Waals surface area contributed by atoms with Gasteiger partial charge in [0.15, 0.2) is 23.0 Å². The number of furan rings is 1. The molecule has 0 saturated carbocycles. The smallest absolute Gasteiger partial charge is 0.290 e. The molecule has 3 aromatic carbocycles. The van der Waals surface area contributed by atoms with E-state index in [1.807, 2.05) is 18.2 Å². The van der Waals surface area contributed by atoms with Crippen LogP contribution >= 0.6 is 15.9 Å². The van der Waals surface area contributed by atoms with E-state index in [0.717, 1.165) is 15.4 Å². The molecular formula is C28H20BrNO7. The summed E-state index contributed by atoms with van der Waals surface area (Å²) in [4.78, 5) is 28.6. The Bertz CT molecular complexity index is 1610. The van der Waals surface area contributed by atoms with Gasteiger partial charge in [-0.3, -0.25) is 9.59 Å². The second-order valence-electron chi connectivity index (χ2n) is 8.68. The highest BCUT2D eigenvalue weighted by atomic mass is 79.9. The molecule has 1 atom stereocenters. The summed E-state index contributed by atoms with van der Waals surface area (Å²) in [6.45, 7) is 0.244. The molecule has 0 spiro atoms. The van der Waals surface area contributed by atoms with Crippen LogP contribution in [0.1, 0.15) is 27.7 Å². The number of Topliss-reactive ketones (excluding diaryl/α,β-unsaturated/α-hetero) is 1. The summed E-state index contributed by atoms with van der Waals surface area (Å²) in [6, 6.07) is 18.6. The first-order valence-corrected chi connectivity index (χ1v) is 12.2. The number of halogens is 1. The van der Waals surface area contributed by atoms with Gasteiger partial charge < -0.3 is 28.6 Å². The van der Waals surface area contributed by atoms with Gasteiger partial charge in [0, 0.05) is 16.4 Å². The molecule has 37 heavy (non-hydrogen) atoms. The van der Waals surface area contributed by atoms with E-state index in [1.165, 1.54) is 12.0 Å². The number of ketones is 1. The monoisotopic (exact) mass is 561 g/mol. The van der Waals surface area contributed by atoms with Gasteiger partial charge in [0.05, 0.1) is 18.7 Å². The molecule has 0 fully saturated rings. The molecule has 6 rings (SSSR count). The lowest BCUT2D eigenvalue weighted by Crippen LogP contribution is -2.30. The summed E-state index contributed by atoms with van der Waals surface area (Å²) in [5.41, 5.74) is 1.82. The van der Waals surface area contributed by atoms with Crippen LogP contribution in [-0.4, -0.2) is 35.6 Å². The number of hydrogen-bond donors (Lipinski definition) is 1. The van der Waals surface area contributed by atoms with Gasteiger partial charge in [-0.15, -0.1) is 0 Å². The van der Waals surface area contributed by atoms with Crippen LogP contribution in [0.4, 0.5) is 0 Å². The number of hydrogen-bond acceptors (Lipinski definition) is 7. The average molecular weight is 562 g/mol. The van der Waals surface area contributed by atoms with Crippen LogP contribution in [0.25, 0.3) is 11.0 Å². The van der Waals surface area contributed by atoms with Gasteiger partial charge in [-0.05, 0) is 59.7 Å². The van der Waals surface area contributed by atoms with Crippen molar-refractivity contribution >= 4 is 38.6 Å². The number of nitrogens with zero attached hydrogens (tertiary/aromatic N) is 1. The molecule has 4 aromatic rings. The van der Waals surface area contributed by atoms with Gasteiger partial charge in [-0.25, -0.2) is 0 Å². The molecule has 186 valence electrons. The number of carbonyl (C=O) groups excluding carboxylic acids is 2. The fourth-order valence-electron chi connectivity index (χ4n) is 4.70. The molecule has 0 bridgehead atoms. The molecule has 9 heteroatoms. The number of aliphatic hydroxyl groups excluding tert-OH is 1. The van der Waals surface area contributed by atoms with E-state index in [4.69, 9.17) is 18.6 Å². The Labute approximate surface area is 219 Å². The number of fused-ring (bicyclic) bond motifs is 2. The van der Waals surface area contributed by atoms with Gasteiger partial charge in [-0.1, -0.05) is 34.1 Å². The Morgan fingerprint density at radius 1 is 1.08 bits per heavy atom. The third-order valence-corrected chi connectivity index (χ3v) is 6.94. The van der Waals surface area contributed by atoms with E-state index in [2.05, 4.69) is 15.9 Å². The van der Waals surface area contributed by atoms with E-state index < -0.39 is 23.5 Å². The minimum Gasteiger partial charge on any atom is -0.503 e. The van der Waals surface area contributed by atoms with Crippen LogP contribution in [0.3, 0.4) is 0 Å². The summed E-state index contributed by atoms with van der Waals surface area (Å²) < 4.78 is 22.9.